The quantitative estimate of drug-likeness (QED) is 0.108. The third kappa shape index (κ3) is 4.24. The van der Waals surface area contributed by atoms with Crippen LogP contribution in [0.2, 0.25) is 0 Å². The summed E-state index contributed by atoms with van der Waals surface area (Å²) >= 11 is 0. The van der Waals surface area contributed by atoms with E-state index in [1.165, 1.54) is 78.9 Å². The maximum absolute atomic E-state index is 15.6. The Bertz CT molecular complexity index is 1990. The lowest BCUT2D eigenvalue weighted by Gasteiger charge is -2.19. The van der Waals surface area contributed by atoms with Crippen molar-refractivity contribution < 1.29 is 43.9 Å². The molecule has 0 aliphatic heterocycles. The largest absolute Gasteiger partial charge is 0.203 e. The topological polar surface area (TPSA) is 0 Å². The Hall–Kier alpha value is -5.12. The van der Waals surface area contributed by atoms with Gasteiger partial charge in [-0.1, -0.05) is 84.9 Å². The van der Waals surface area contributed by atoms with Crippen LogP contribution in [0.4, 0.5) is 43.9 Å². The summed E-state index contributed by atoms with van der Waals surface area (Å²) in [6.45, 7) is 0. The minimum atomic E-state index is -2.41. The van der Waals surface area contributed by atoms with Crippen LogP contribution < -0.4 is 0 Å². The summed E-state index contributed by atoms with van der Waals surface area (Å²) in [5.74, 6) is -22.5. The number of fused-ring (bicyclic) bond motifs is 1. The van der Waals surface area contributed by atoms with Gasteiger partial charge in [-0.3, -0.25) is 0 Å². The molecule has 220 valence electrons. The molecular formula is C34H14F10. The molecule has 0 bridgehead atoms. The third-order valence-electron chi connectivity index (χ3n) is 7.26. The van der Waals surface area contributed by atoms with Crippen LogP contribution in [0.1, 0.15) is 33.4 Å². The first-order chi connectivity index (χ1) is 21.1. The van der Waals surface area contributed by atoms with Gasteiger partial charge in [0.25, 0.3) is 0 Å². The summed E-state index contributed by atoms with van der Waals surface area (Å²) < 4.78 is 149. The van der Waals surface area contributed by atoms with Crippen LogP contribution in [-0.4, -0.2) is 0 Å². The first kappa shape index (κ1) is 29.0. The molecule has 0 radical (unpaired) electrons. The SMILES string of the molecule is Fc1c(F)c(F)c(C2=C(c3ccccc3)/C(=C(/c3ccccc3)c3c(F)c(F)c(F)c(F)c3F)c3ccccc32)c(F)c1F. The molecular weight excluding hydrogens is 598 g/mol. The third-order valence-corrected chi connectivity index (χ3v) is 7.26. The van der Waals surface area contributed by atoms with E-state index in [0.29, 0.717) is 0 Å². The van der Waals surface area contributed by atoms with E-state index >= 15 is 17.6 Å². The molecule has 0 N–H and O–H groups in total. The van der Waals surface area contributed by atoms with Crippen LogP contribution in [0.15, 0.2) is 84.9 Å². The van der Waals surface area contributed by atoms with Crippen molar-refractivity contribution in [3.63, 3.8) is 0 Å². The van der Waals surface area contributed by atoms with E-state index in [4.69, 9.17) is 0 Å². The summed E-state index contributed by atoms with van der Waals surface area (Å²) in [5.41, 5.74) is -4.54. The minimum absolute atomic E-state index is 0.0342. The van der Waals surface area contributed by atoms with Crippen LogP contribution in [0, 0.1) is 58.2 Å². The van der Waals surface area contributed by atoms with Crippen molar-refractivity contribution in [3.05, 3.63) is 176 Å². The molecule has 0 nitrogen and oxygen atoms in total. The predicted octanol–water partition coefficient (Wildman–Crippen LogP) is 10.0. The van der Waals surface area contributed by atoms with E-state index in [0.717, 1.165) is 0 Å². The van der Waals surface area contributed by atoms with Crippen molar-refractivity contribution in [3.8, 4) is 0 Å². The normalized spacial score (nSPS) is 13.9. The molecule has 44 heavy (non-hydrogen) atoms. The summed E-state index contributed by atoms with van der Waals surface area (Å²) in [7, 11) is 0. The van der Waals surface area contributed by atoms with E-state index in [-0.39, 0.29) is 33.4 Å². The molecule has 0 heterocycles. The maximum atomic E-state index is 15.6. The highest BCUT2D eigenvalue weighted by Gasteiger charge is 2.39. The van der Waals surface area contributed by atoms with Crippen LogP contribution in [-0.2, 0) is 0 Å². The molecule has 5 aromatic rings. The van der Waals surface area contributed by atoms with Crippen LogP contribution >= 0.6 is 0 Å². The molecule has 0 aromatic heterocycles. The molecule has 1 aliphatic rings. The van der Waals surface area contributed by atoms with Crippen LogP contribution in [0.25, 0.3) is 22.3 Å². The monoisotopic (exact) mass is 612 g/mol. The van der Waals surface area contributed by atoms with Crippen LogP contribution in [0.3, 0.4) is 0 Å². The molecule has 0 saturated carbocycles. The summed E-state index contributed by atoms with van der Waals surface area (Å²) in [4.78, 5) is 0. The van der Waals surface area contributed by atoms with Crippen molar-refractivity contribution in [1.82, 2.24) is 0 Å². The second-order valence-corrected chi connectivity index (χ2v) is 9.67. The van der Waals surface area contributed by atoms with E-state index in [1.807, 2.05) is 0 Å². The van der Waals surface area contributed by atoms with Gasteiger partial charge in [0.15, 0.2) is 46.5 Å². The van der Waals surface area contributed by atoms with Crippen molar-refractivity contribution in [2.24, 2.45) is 0 Å². The van der Waals surface area contributed by atoms with Gasteiger partial charge in [-0.25, -0.2) is 43.9 Å². The first-order valence-corrected chi connectivity index (χ1v) is 12.8. The second-order valence-electron chi connectivity index (χ2n) is 9.67. The molecule has 0 atom stereocenters. The lowest BCUT2D eigenvalue weighted by atomic mass is 9.84. The van der Waals surface area contributed by atoms with Gasteiger partial charge >= 0.3 is 0 Å². The molecule has 0 spiro atoms. The Morgan fingerprint density at radius 1 is 0.364 bits per heavy atom. The zero-order valence-electron chi connectivity index (χ0n) is 21.9. The van der Waals surface area contributed by atoms with E-state index in [1.54, 1.807) is 6.07 Å². The highest BCUT2D eigenvalue weighted by atomic mass is 19.2. The maximum Gasteiger partial charge on any atom is 0.200 e. The Labute approximate surface area is 242 Å². The number of benzene rings is 5. The molecule has 0 unspecified atom stereocenters. The molecule has 10 heteroatoms. The van der Waals surface area contributed by atoms with E-state index < -0.39 is 80.4 Å². The fraction of sp³-hybridized carbons (Fsp3) is 0. The Morgan fingerprint density at radius 3 is 1.30 bits per heavy atom. The van der Waals surface area contributed by atoms with Gasteiger partial charge in [0, 0.05) is 11.1 Å². The molecule has 5 aromatic carbocycles. The Kier molecular flexibility index (Phi) is 7.15. The first-order valence-electron chi connectivity index (χ1n) is 12.8. The smallest absolute Gasteiger partial charge is 0.200 e. The minimum Gasteiger partial charge on any atom is -0.203 e. The van der Waals surface area contributed by atoms with Gasteiger partial charge in [0.05, 0.1) is 11.1 Å². The van der Waals surface area contributed by atoms with Crippen molar-refractivity contribution in [1.29, 1.82) is 0 Å². The zero-order valence-corrected chi connectivity index (χ0v) is 21.9. The number of hydrogen-bond acceptors (Lipinski definition) is 0. The highest BCUT2D eigenvalue weighted by Crippen LogP contribution is 2.54. The predicted molar refractivity (Wildman–Crippen MR) is 144 cm³/mol. The fourth-order valence-corrected chi connectivity index (χ4v) is 5.39. The second kappa shape index (κ2) is 10.9. The van der Waals surface area contributed by atoms with Crippen molar-refractivity contribution in [2.75, 3.05) is 0 Å². The van der Waals surface area contributed by atoms with Gasteiger partial charge < -0.3 is 0 Å². The number of allylic oxidation sites excluding steroid dienone is 2. The molecule has 6 rings (SSSR count). The molecule has 0 amide bonds. The standard InChI is InChI=1S/C34H14F10/c35-25-23(26(36)30(40)33(43)29(25)39)20(16-11-5-2-6-12-16)21-17-13-7-8-14-18(17)22(19(21)15-9-3-1-4-10-15)24-27(37)31(41)34(44)32(42)28(24)38/h1-14H/b21-20-. The number of hydrogen-bond donors (Lipinski definition) is 0. The fourth-order valence-electron chi connectivity index (χ4n) is 5.39. The van der Waals surface area contributed by atoms with Gasteiger partial charge in [-0.05, 0) is 33.4 Å². The van der Waals surface area contributed by atoms with E-state index in [2.05, 4.69) is 0 Å². The lowest BCUT2D eigenvalue weighted by molar-refractivity contribution is 0.376. The van der Waals surface area contributed by atoms with Crippen molar-refractivity contribution in [2.45, 2.75) is 0 Å². The molecule has 1 aliphatic carbocycles. The lowest BCUT2D eigenvalue weighted by Crippen LogP contribution is -2.09. The van der Waals surface area contributed by atoms with Gasteiger partial charge in [-0.15, -0.1) is 0 Å². The average molecular weight is 612 g/mol. The van der Waals surface area contributed by atoms with Gasteiger partial charge in [-0.2, -0.15) is 0 Å². The number of rotatable bonds is 4. The van der Waals surface area contributed by atoms with Gasteiger partial charge in [0.2, 0.25) is 11.6 Å². The van der Waals surface area contributed by atoms with Gasteiger partial charge in [0.1, 0.15) is 0 Å². The zero-order chi connectivity index (χ0) is 31.4. The number of halogens is 10. The highest BCUT2D eigenvalue weighted by molar-refractivity contribution is 6.30. The Balaban J connectivity index is 1.92. The molecule has 0 fully saturated rings. The summed E-state index contributed by atoms with van der Waals surface area (Å²) in [6, 6.07) is 19.7. The Morgan fingerprint density at radius 2 is 0.773 bits per heavy atom. The average Bonchev–Trinajstić information content (AvgIpc) is 3.38. The van der Waals surface area contributed by atoms with Crippen LogP contribution in [0.5, 0.6) is 0 Å². The van der Waals surface area contributed by atoms with E-state index in [9.17, 15) is 26.3 Å². The molecule has 0 saturated heterocycles. The summed E-state index contributed by atoms with van der Waals surface area (Å²) in [5, 5.41) is 0. The van der Waals surface area contributed by atoms with Crippen molar-refractivity contribution >= 4 is 22.3 Å². The summed E-state index contributed by atoms with van der Waals surface area (Å²) in [6.07, 6.45) is 0.